The van der Waals surface area contributed by atoms with Gasteiger partial charge in [0.15, 0.2) is 5.11 Å². The number of hydrogen-bond donors (Lipinski definition) is 4. The maximum absolute atomic E-state index is 12.1. The van der Waals surface area contributed by atoms with Gasteiger partial charge in [-0.15, -0.1) is 0 Å². The first-order chi connectivity index (χ1) is 12.7. The third-order valence-corrected chi connectivity index (χ3v) is 4.49. The highest BCUT2D eigenvalue weighted by Gasteiger charge is 2.10. The van der Waals surface area contributed by atoms with Crippen LogP contribution in [0.5, 0.6) is 0 Å². The van der Waals surface area contributed by atoms with Crippen LogP contribution in [0.15, 0.2) is 24.5 Å². The van der Waals surface area contributed by atoms with E-state index in [2.05, 4.69) is 31.0 Å². The lowest BCUT2D eigenvalue weighted by atomic mass is 10.2. The molecule has 0 spiro atoms. The van der Waals surface area contributed by atoms with Gasteiger partial charge in [-0.05, 0) is 43.7 Å². The van der Waals surface area contributed by atoms with Gasteiger partial charge in [0.25, 0.3) is 5.91 Å². The highest BCUT2D eigenvalue weighted by Crippen LogP contribution is 2.10. The Bertz CT molecular complexity index is 744. The first-order valence-electron chi connectivity index (χ1n) is 8.80. The Morgan fingerprint density at radius 2 is 2.15 bits per heavy atom. The van der Waals surface area contributed by atoms with Gasteiger partial charge in [0, 0.05) is 37.4 Å². The normalized spacial score (nSPS) is 14.9. The molecular weight excluding hydrogens is 352 g/mol. The molecule has 140 valence electrons. The second-order valence-corrected chi connectivity index (χ2v) is 6.54. The van der Waals surface area contributed by atoms with Crippen molar-refractivity contribution in [1.82, 2.24) is 31.0 Å². The van der Waals surface area contributed by atoms with Crippen molar-refractivity contribution in [3.63, 3.8) is 0 Å². The molecule has 9 heteroatoms. The molecule has 0 aliphatic carbocycles. The van der Waals surface area contributed by atoms with Crippen LogP contribution in [0.3, 0.4) is 0 Å². The van der Waals surface area contributed by atoms with Gasteiger partial charge in [0.2, 0.25) is 0 Å². The third kappa shape index (κ3) is 5.38. The van der Waals surface area contributed by atoms with E-state index in [1.54, 1.807) is 12.3 Å². The second kappa shape index (κ2) is 9.46. The molecule has 1 saturated heterocycles. The molecule has 0 atom stereocenters. The van der Waals surface area contributed by atoms with Gasteiger partial charge in [-0.25, -0.2) is 4.98 Å². The molecule has 1 fully saturated rings. The molecular formula is C17H24N6O2S. The van der Waals surface area contributed by atoms with Gasteiger partial charge in [0.1, 0.15) is 5.65 Å². The SMILES string of the molecule is O=C(NNC(=S)NCCCCN1CCOCC1)c1cnc2[nH]ccc2c1. The zero-order chi connectivity index (χ0) is 18.2. The quantitative estimate of drug-likeness (QED) is 0.336. The van der Waals surface area contributed by atoms with Crippen molar-refractivity contribution in [1.29, 1.82) is 0 Å². The number of amides is 1. The lowest BCUT2D eigenvalue weighted by Crippen LogP contribution is -2.47. The number of rotatable bonds is 6. The van der Waals surface area contributed by atoms with Crippen molar-refractivity contribution < 1.29 is 9.53 Å². The van der Waals surface area contributed by atoms with Crippen LogP contribution < -0.4 is 16.2 Å². The minimum Gasteiger partial charge on any atom is -0.379 e. The zero-order valence-electron chi connectivity index (χ0n) is 14.6. The van der Waals surface area contributed by atoms with Crippen molar-refractivity contribution in [2.75, 3.05) is 39.4 Å². The molecule has 2 aromatic rings. The Balaban J connectivity index is 1.30. The summed E-state index contributed by atoms with van der Waals surface area (Å²) in [6.45, 7) is 5.54. The molecule has 0 bridgehead atoms. The molecule has 3 heterocycles. The number of aromatic nitrogens is 2. The van der Waals surface area contributed by atoms with Gasteiger partial charge < -0.3 is 15.0 Å². The molecule has 1 aliphatic rings. The molecule has 0 unspecified atom stereocenters. The van der Waals surface area contributed by atoms with Crippen LogP contribution in [0.2, 0.25) is 0 Å². The van der Waals surface area contributed by atoms with E-state index in [9.17, 15) is 4.79 Å². The van der Waals surface area contributed by atoms with E-state index in [0.717, 1.165) is 63.3 Å². The number of fused-ring (bicyclic) bond motifs is 1. The summed E-state index contributed by atoms with van der Waals surface area (Å²) >= 11 is 5.18. The second-order valence-electron chi connectivity index (χ2n) is 6.14. The molecule has 3 rings (SSSR count). The number of unbranched alkanes of at least 4 members (excludes halogenated alkanes) is 1. The fourth-order valence-corrected chi connectivity index (χ4v) is 2.93. The van der Waals surface area contributed by atoms with E-state index >= 15 is 0 Å². The number of aromatic amines is 1. The van der Waals surface area contributed by atoms with Crippen LogP contribution in [0.4, 0.5) is 0 Å². The maximum atomic E-state index is 12.1. The standard InChI is InChI=1S/C17H24N6O2S/c24-16(14-11-13-3-5-18-15(13)20-12-14)21-22-17(26)19-4-1-2-6-23-7-9-25-10-8-23/h3,5,11-12H,1-2,4,6-10H2,(H,18,20)(H,21,24)(H2,19,22,26). The van der Waals surface area contributed by atoms with Crippen molar-refractivity contribution in [2.24, 2.45) is 0 Å². The molecule has 26 heavy (non-hydrogen) atoms. The highest BCUT2D eigenvalue weighted by atomic mass is 32.1. The average molecular weight is 376 g/mol. The number of hydrogen-bond acceptors (Lipinski definition) is 5. The summed E-state index contributed by atoms with van der Waals surface area (Å²) < 4.78 is 5.33. The van der Waals surface area contributed by atoms with Gasteiger partial charge >= 0.3 is 0 Å². The number of thiocarbonyl (C=S) groups is 1. The predicted octanol–water partition coefficient (Wildman–Crippen LogP) is 0.784. The number of H-pyrrole nitrogens is 1. The molecule has 4 N–H and O–H groups in total. The first kappa shape index (κ1) is 18.6. The zero-order valence-corrected chi connectivity index (χ0v) is 15.4. The van der Waals surface area contributed by atoms with E-state index in [4.69, 9.17) is 17.0 Å². The molecule has 2 aromatic heterocycles. The number of morpholine rings is 1. The molecule has 1 aliphatic heterocycles. The highest BCUT2D eigenvalue weighted by molar-refractivity contribution is 7.80. The smallest absolute Gasteiger partial charge is 0.271 e. The minimum atomic E-state index is -0.280. The van der Waals surface area contributed by atoms with E-state index in [-0.39, 0.29) is 5.91 Å². The van der Waals surface area contributed by atoms with E-state index < -0.39 is 0 Å². The summed E-state index contributed by atoms with van der Waals surface area (Å²) in [6, 6.07) is 3.65. The molecule has 0 saturated carbocycles. The molecule has 8 nitrogen and oxygen atoms in total. The van der Waals surface area contributed by atoms with Crippen molar-refractivity contribution >= 4 is 34.3 Å². The van der Waals surface area contributed by atoms with Crippen molar-refractivity contribution in [3.05, 3.63) is 30.1 Å². The Kier molecular flexibility index (Phi) is 6.75. The molecule has 0 aromatic carbocycles. The molecule has 1 amide bonds. The summed E-state index contributed by atoms with van der Waals surface area (Å²) in [5.41, 5.74) is 6.53. The van der Waals surface area contributed by atoms with Crippen molar-refractivity contribution in [3.8, 4) is 0 Å². The predicted molar refractivity (Wildman–Crippen MR) is 104 cm³/mol. The lowest BCUT2D eigenvalue weighted by Gasteiger charge is -2.26. The topological polar surface area (TPSA) is 94.3 Å². The van der Waals surface area contributed by atoms with Crippen LogP contribution in [0.1, 0.15) is 23.2 Å². The van der Waals surface area contributed by atoms with Gasteiger partial charge in [-0.2, -0.15) is 0 Å². The Morgan fingerprint density at radius 3 is 3.00 bits per heavy atom. The summed E-state index contributed by atoms with van der Waals surface area (Å²) in [5, 5.41) is 4.39. The number of nitrogens with zero attached hydrogens (tertiary/aromatic N) is 2. The molecule has 0 radical (unpaired) electrons. The summed E-state index contributed by atoms with van der Waals surface area (Å²) in [4.78, 5) is 21.7. The third-order valence-electron chi connectivity index (χ3n) is 4.24. The van der Waals surface area contributed by atoms with Crippen LogP contribution in [-0.2, 0) is 4.74 Å². The average Bonchev–Trinajstić information content (AvgIpc) is 3.14. The summed E-state index contributed by atoms with van der Waals surface area (Å²) in [7, 11) is 0. The summed E-state index contributed by atoms with van der Waals surface area (Å²) in [6.07, 6.45) is 5.43. The number of nitrogens with one attached hydrogen (secondary N) is 4. The Labute approximate surface area is 157 Å². The maximum Gasteiger partial charge on any atom is 0.271 e. The first-order valence-corrected chi connectivity index (χ1v) is 9.20. The number of hydrazine groups is 1. The van der Waals surface area contributed by atoms with Gasteiger partial charge in [-0.1, -0.05) is 0 Å². The van der Waals surface area contributed by atoms with E-state index in [1.165, 1.54) is 6.20 Å². The number of pyridine rings is 1. The number of ether oxygens (including phenoxy) is 1. The fourth-order valence-electron chi connectivity index (χ4n) is 2.78. The number of carbonyl (C=O) groups is 1. The fraction of sp³-hybridized carbons (Fsp3) is 0.471. The van der Waals surface area contributed by atoms with Crippen LogP contribution in [0, 0.1) is 0 Å². The van der Waals surface area contributed by atoms with E-state index in [1.807, 2.05) is 6.07 Å². The largest absolute Gasteiger partial charge is 0.379 e. The Morgan fingerprint density at radius 1 is 1.31 bits per heavy atom. The Hall–Kier alpha value is -2.23. The lowest BCUT2D eigenvalue weighted by molar-refractivity contribution is 0.0372. The minimum absolute atomic E-state index is 0.280. The van der Waals surface area contributed by atoms with Crippen molar-refractivity contribution in [2.45, 2.75) is 12.8 Å². The van der Waals surface area contributed by atoms with E-state index in [0.29, 0.717) is 10.7 Å². The van der Waals surface area contributed by atoms with Crippen LogP contribution in [0.25, 0.3) is 11.0 Å². The number of carbonyl (C=O) groups excluding carboxylic acids is 1. The van der Waals surface area contributed by atoms with Gasteiger partial charge in [-0.3, -0.25) is 20.5 Å². The van der Waals surface area contributed by atoms with Gasteiger partial charge in [0.05, 0.1) is 18.8 Å². The van der Waals surface area contributed by atoms with Crippen LogP contribution in [-0.4, -0.2) is 65.3 Å². The summed E-state index contributed by atoms with van der Waals surface area (Å²) in [5.74, 6) is -0.280. The van der Waals surface area contributed by atoms with Crippen LogP contribution >= 0.6 is 12.2 Å². The monoisotopic (exact) mass is 376 g/mol.